The van der Waals surface area contributed by atoms with Crippen molar-refractivity contribution in [3.05, 3.63) is 245 Å². The van der Waals surface area contributed by atoms with Crippen molar-refractivity contribution in [2.45, 2.75) is 208 Å². The van der Waals surface area contributed by atoms with Gasteiger partial charge in [0.2, 0.25) is 0 Å². The van der Waals surface area contributed by atoms with Gasteiger partial charge >= 0.3 is 0 Å². The standard InChI is InChI=1S/C91H100O.C2H6/c1-9-14-18-22-50-90(51-23-19-15-10-2)86-60-71(40-46-82(86)84-48-42-73(62-88(84)90)79-56-75(67-32-26-64(6)27-33-67)54-76(57-79)68-34-28-65(7)29-35-68)72-41-47-83-85-49-43-74(63-89(85)91(87(83)61-72,52-24-20-16-11-3)53-25-21-17-12-4)80-58-77(69-36-30-66(8)31-37-69)55-78(59-80)70-38-44-81(45-39-70)92-13-5;1-2/h26-49,54-63H,9-25,50-53H2,1-8H3;1-2H3. The predicted octanol–water partition coefficient (Wildman–Crippen LogP) is 28.1. The SMILES string of the molecule is CC.CCCCCCC1(CCCCCC)c2cc(-c3cc(-c4ccc(C)cc4)cc(-c4ccc(C)cc4)c3)ccc2-c2ccc(-c3ccc4c(c3)C(CCCCCC)(CCCCCC)c3cc(-c5cc(-c6ccc(C)cc6)cc(-c6ccc(OCC)cc6)c5)ccc3-4)cc21. The Morgan fingerprint density at radius 1 is 0.234 bits per heavy atom. The molecule has 0 atom stereocenters. The molecule has 0 saturated heterocycles. The Bertz CT molecular complexity index is 4030. The van der Waals surface area contributed by atoms with Gasteiger partial charge in [0.15, 0.2) is 0 Å². The highest BCUT2D eigenvalue weighted by molar-refractivity contribution is 5.91. The van der Waals surface area contributed by atoms with Crippen molar-refractivity contribution >= 4 is 0 Å². The summed E-state index contributed by atoms with van der Waals surface area (Å²) in [5.41, 5.74) is 33.4. The first-order valence-electron chi connectivity index (χ1n) is 36.9. The van der Waals surface area contributed by atoms with E-state index in [1.807, 2.05) is 13.8 Å². The maximum atomic E-state index is 5.92. The molecule has 0 fully saturated rings. The number of rotatable bonds is 29. The van der Waals surface area contributed by atoms with Gasteiger partial charge in [-0.1, -0.05) is 294 Å². The second-order valence-corrected chi connectivity index (χ2v) is 27.6. The Labute approximate surface area is 567 Å². The monoisotopic (exact) mass is 1240 g/mol. The lowest BCUT2D eigenvalue weighted by molar-refractivity contribution is 0.340. The average Bonchev–Trinajstić information content (AvgIpc) is 1.56. The van der Waals surface area contributed by atoms with Gasteiger partial charge in [0.05, 0.1) is 6.61 Å². The minimum absolute atomic E-state index is 0.0955. The van der Waals surface area contributed by atoms with Crippen molar-refractivity contribution in [3.63, 3.8) is 0 Å². The molecule has 0 radical (unpaired) electrons. The molecule has 2 aliphatic carbocycles. The molecule has 94 heavy (non-hydrogen) atoms. The van der Waals surface area contributed by atoms with E-state index in [-0.39, 0.29) is 10.8 Å². The summed E-state index contributed by atoms with van der Waals surface area (Å²) in [7, 11) is 0. The minimum Gasteiger partial charge on any atom is -0.494 e. The normalized spacial score (nSPS) is 13.0. The number of fused-ring (bicyclic) bond motifs is 6. The smallest absolute Gasteiger partial charge is 0.119 e. The zero-order valence-corrected chi connectivity index (χ0v) is 58.9. The van der Waals surface area contributed by atoms with E-state index in [9.17, 15) is 0 Å². The van der Waals surface area contributed by atoms with Crippen molar-refractivity contribution in [2.24, 2.45) is 0 Å². The van der Waals surface area contributed by atoms with Crippen LogP contribution in [0.25, 0.3) is 100 Å². The fourth-order valence-electron chi connectivity index (χ4n) is 15.9. The van der Waals surface area contributed by atoms with E-state index < -0.39 is 0 Å². The lowest BCUT2D eigenvalue weighted by atomic mass is 9.69. The Morgan fingerprint density at radius 2 is 0.457 bits per heavy atom. The number of unbranched alkanes of at least 4 members (excludes halogenated alkanes) is 12. The van der Waals surface area contributed by atoms with Gasteiger partial charge in [-0.3, -0.25) is 0 Å². The maximum Gasteiger partial charge on any atom is 0.119 e. The first-order valence-corrected chi connectivity index (χ1v) is 36.9. The van der Waals surface area contributed by atoms with Crippen LogP contribution in [-0.4, -0.2) is 6.61 Å². The maximum absolute atomic E-state index is 5.92. The van der Waals surface area contributed by atoms with Gasteiger partial charge in [-0.15, -0.1) is 0 Å². The van der Waals surface area contributed by atoms with Crippen molar-refractivity contribution in [3.8, 4) is 106 Å². The first kappa shape index (κ1) is 67.4. The Hall–Kier alpha value is -8.00. The largest absolute Gasteiger partial charge is 0.494 e. The van der Waals surface area contributed by atoms with Gasteiger partial charge in [0.1, 0.15) is 5.75 Å². The molecule has 1 heteroatoms. The summed E-state index contributed by atoms with van der Waals surface area (Å²) in [6.45, 7) is 22.7. The van der Waals surface area contributed by atoms with Crippen LogP contribution in [-0.2, 0) is 10.8 Å². The van der Waals surface area contributed by atoms with E-state index in [0.717, 1.165) is 18.6 Å². The van der Waals surface area contributed by atoms with Gasteiger partial charge in [-0.05, 0) is 249 Å². The van der Waals surface area contributed by atoms with Crippen LogP contribution in [0.15, 0.2) is 206 Å². The van der Waals surface area contributed by atoms with Crippen LogP contribution in [0.5, 0.6) is 5.75 Å². The molecule has 10 aromatic carbocycles. The highest BCUT2D eigenvalue weighted by Gasteiger charge is 2.45. The Balaban J connectivity index is 0.00000446. The Kier molecular flexibility index (Phi) is 22.6. The third-order valence-corrected chi connectivity index (χ3v) is 21.1. The fraction of sp³-hybridized carbons (Fsp3) is 0.355. The van der Waals surface area contributed by atoms with Gasteiger partial charge < -0.3 is 4.74 Å². The van der Waals surface area contributed by atoms with E-state index in [2.05, 4.69) is 262 Å². The predicted molar refractivity (Wildman–Crippen MR) is 409 cm³/mol. The van der Waals surface area contributed by atoms with Gasteiger partial charge in [0.25, 0.3) is 0 Å². The van der Waals surface area contributed by atoms with E-state index in [1.165, 1.54) is 238 Å². The van der Waals surface area contributed by atoms with E-state index in [0.29, 0.717) is 6.61 Å². The number of ether oxygens (including phenoxy) is 1. The molecule has 0 unspecified atom stereocenters. The zero-order valence-electron chi connectivity index (χ0n) is 58.9. The summed E-state index contributed by atoms with van der Waals surface area (Å²) in [6, 6.07) is 81.3. The molecule has 0 saturated carbocycles. The molecule has 10 aromatic rings. The third-order valence-electron chi connectivity index (χ3n) is 21.1. The molecule has 0 aliphatic heterocycles. The van der Waals surface area contributed by atoms with E-state index in [4.69, 9.17) is 4.74 Å². The highest BCUT2D eigenvalue weighted by Crippen LogP contribution is 2.59. The number of hydrogen-bond donors (Lipinski definition) is 0. The summed E-state index contributed by atoms with van der Waals surface area (Å²) in [5, 5.41) is 0. The molecule has 1 nitrogen and oxygen atoms in total. The molecule has 0 N–H and O–H groups in total. The summed E-state index contributed by atoms with van der Waals surface area (Å²) in [5.74, 6) is 0.908. The molecule has 0 amide bonds. The summed E-state index contributed by atoms with van der Waals surface area (Å²) >= 11 is 0. The summed E-state index contributed by atoms with van der Waals surface area (Å²) < 4.78 is 5.92. The average molecular weight is 1240 g/mol. The van der Waals surface area contributed by atoms with Crippen molar-refractivity contribution in [2.75, 3.05) is 6.61 Å². The molecule has 0 aromatic heterocycles. The number of benzene rings is 10. The second kappa shape index (κ2) is 31.5. The van der Waals surface area contributed by atoms with E-state index in [1.54, 1.807) is 16.7 Å². The molecule has 0 bridgehead atoms. The highest BCUT2D eigenvalue weighted by atomic mass is 16.5. The summed E-state index contributed by atoms with van der Waals surface area (Å²) in [4.78, 5) is 0. The van der Waals surface area contributed by atoms with Crippen molar-refractivity contribution < 1.29 is 4.74 Å². The van der Waals surface area contributed by atoms with Crippen molar-refractivity contribution in [1.82, 2.24) is 0 Å². The topological polar surface area (TPSA) is 9.23 Å². The van der Waals surface area contributed by atoms with Crippen LogP contribution in [0.4, 0.5) is 0 Å². The molecule has 0 heterocycles. The Morgan fingerprint density at radius 3 is 0.702 bits per heavy atom. The van der Waals surface area contributed by atoms with Crippen LogP contribution in [0.2, 0.25) is 0 Å². The summed E-state index contributed by atoms with van der Waals surface area (Å²) in [6.07, 6.45) is 24.7. The zero-order chi connectivity index (χ0) is 65.6. The van der Waals surface area contributed by atoms with Crippen LogP contribution in [0.3, 0.4) is 0 Å². The fourth-order valence-corrected chi connectivity index (χ4v) is 15.9. The molecular weight excluding hydrogens is 1130 g/mol. The van der Waals surface area contributed by atoms with Crippen LogP contribution >= 0.6 is 0 Å². The number of hydrogen-bond acceptors (Lipinski definition) is 1. The molecular formula is C93H106O. The second-order valence-electron chi connectivity index (χ2n) is 27.6. The lowest BCUT2D eigenvalue weighted by Gasteiger charge is -2.34. The van der Waals surface area contributed by atoms with Gasteiger partial charge in [-0.2, -0.15) is 0 Å². The van der Waals surface area contributed by atoms with Crippen LogP contribution in [0, 0.1) is 20.8 Å². The first-order chi connectivity index (χ1) is 46.0. The number of aryl methyl sites for hydroxylation is 3. The molecule has 2 aliphatic rings. The lowest BCUT2D eigenvalue weighted by Crippen LogP contribution is -2.26. The van der Waals surface area contributed by atoms with Crippen LogP contribution in [0.1, 0.15) is 216 Å². The van der Waals surface area contributed by atoms with E-state index >= 15 is 0 Å². The molecule has 484 valence electrons. The quantitative estimate of drug-likeness (QED) is 0.0425. The minimum atomic E-state index is -0.105. The van der Waals surface area contributed by atoms with Crippen molar-refractivity contribution in [1.29, 1.82) is 0 Å². The van der Waals surface area contributed by atoms with Gasteiger partial charge in [-0.25, -0.2) is 0 Å². The van der Waals surface area contributed by atoms with Crippen LogP contribution < -0.4 is 4.74 Å². The third kappa shape index (κ3) is 14.6. The molecule has 0 spiro atoms. The molecule has 12 rings (SSSR count). The van der Waals surface area contributed by atoms with Gasteiger partial charge in [0, 0.05) is 10.8 Å².